The third-order valence-electron chi connectivity index (χ3n) is 4.44. The van der Waals surface area contributed by atoms with Crippen molar-refractivity contribution in [2.45, 2.75) is 23.1 Å². The van der Waals surface area contributed by atoms with E-state index in [1.54, 1.807) is 30.3 Å². The van der Waals surface area contributed by atoms with Gasteiger partial charge in [-0.2, -0.15) is 8.78 Å². The number of amides is 1. The van der Waals surface area contributed by atoms with Crippen LogP contribution in [0.3, 0.4) is 0 Å². The van der Waals surface area contributed by atoms with E-state index < -0.39 is 40.1 Å². The lowest BCUT2D eigenvalue weighted by atomic mass is 10.1. The molecule has 2 aromatic carbocycles. The maximum atomic E-state index is 12.5. The predicted octanol–water partition coefficient (Wildman–Crippen LogP) is 3.21. The third kappa shape index (κ3) is 6.93. The van der Waals surface area contributed by atoms with E-state index in [4.69, 9.17) is 4.74 Å². The quantitative estimate of drug-likeness (QED) is 0.451. The van der Waals surface area contributed by atoms with Crippen molar-refractivity contribution in [3.8, 4) is 0 Å². The van der Waals surface area contributed by atoms with Gasteiger partial charge in [-0.1, -0.05) is 23.9 Å². The average Bonchev–Trinajstić information content (AvgIpc) is 3.06. The number of thioether (sulfide) groups is 1. The minimum Gasteiger partial charge on any atom is -0.452 e. The van der Waals surface area contributed by atoms with Crippen LogP contribution in [0.5, 0.6) is 0 Å². The van der Waals surface area contributed by atoms with Crippen molar-refractivity contribution in [3.63, 3.8) is 0 Å². The highest BCUT2D eigenvalue weighted by Crippen LogP contribution is 2.28. The fourth-order valence-electron chi connectivity index (χ4n) is 3.03. The number of hydrogen-bond acceptors (Lipinski definition) is 7. The van der Waals surface area contributed by atoms with Gasteiger partial charge in [0.2, 0.25) is 0 Å². The number of sulfone groups is 1. The summed E-state index contributed by atoms with van der Waals surface area (Å²) in [5.41, 5.74) is 1.19. The maximum Gasteiger partial charge on any atom is 0.340 e. The Kier molecular flexibility index (Phi) is 7.50. The molecule has 7 nitrogen and oxygen atoms in total. The van der Waals surface area contributed by atoms with Crippen molar-refractivity contribution in [2.24, 2.45) is 0 Å². The molecule has 0 aromatic heterocycles. The second kappa shape index (κ2) is 10.1. The zero-order chi connectivity index (χ0) is 22.4. The number of carbonyl (C=O) groups is 2. The second-order valence-corrected chi connectivity index (χ2v) is 10.1. The lowest BCUT2D eigenvalue weighted by Gasteiger charge is -2.13. The molecular formula is C20H20F2N2O5S2. The summed E-state index contributed by atoms with van der Waals surface area (Å²) in [6.45, 7) is -0.538. The number of halogens is 2. The molecule has 1 unspecified atom stereocenters. The van der Waals surface area contributed by atoms with Gasteiger partial charge in [-0.05, 0) is 42.8 Å². The molecule has 0 radical (unpaired) electrons. The zero-order valence-electron chi connectivity index (χ0n) is 16.2. The molecule has 1 aliphatic heterocycles. The van der Waals surface area contributed by atoms with Crippen LogP contribution in [0.4, 0.5) is 20.2 Å². The molecule has 2 aromatic rings. The van der Waals surface area contributed by atoms with Gasteiger partial charge in [0.25, 0.3) is 11.7 Å². The van der Waals surface area contributed by atoms with Crippen LogP contribution in [0.2, 0.25) is 0 Å². The number of para-hydroxylation sites is 1. The fraction of sp³-hybridized carbons (Fsp3) is 0.300. The van der Waals surface area contributed by atoms with E-state index >= 15 is 0 Å². The van der Waals surface area contributed by atoms with E-state index in [1.165, 1.54) is 18.2 Å². The lowest BCUT2D eigenvalue weighted by Crippen LogP contribution is -2.38. The molecule has 166 valence electrons. The Balaban J connectivity index is 1.57. The summed E-state index contributed by atoms with van der Waals surface area (Å²) in [6.07, 6.45) is 0.337. The number of nitrogens with one attached hydrogen (secondary N) is 2. The normalized spacial score (nSPS) is 17.3. The Hall–Kier alpha value is -2.66. The molecule has 1 heterocycles. The number of esters is 1. The number of carbonyl (C=O) groups excluding carboxylic acids is 2. The molecule has 0 spiro atoms. The van der Waals surface area contributed by atoms with Gasteiger partial charge in [0, 0.05) is 16.6 Å². The van der Waals surface area contributed by atoms with E-state index in [-0.39, 0.29) is 17.1 Å². The van der Waals surface area contributed by atoms with E-state index in [9.17, 15) is 26.8 Å². The molecule has 1 amide bonds. The van der Waals surface area contributed by atoms with Gasteiger partial charge in [0.05, 0.1) is 22.8 Å². The number of benzene rings is 2. The SMILES string of the molecule is O=C(COC(=O)c1ccccc1Nc1ccc(SC(F)F)cc1)NC1CCS(=O)(=O)C1. The van der Waals surface area contributed by atoms with Crippen molar-refractivity contribution in [1.29, 1.82) is 0 Å². The summed E-state index contributed by atoms with van der Waals surface area (Å²) in [6, 6.07) is 12.3. The van der Waals surface area contributed by atoms with Crippen LogP contribution in [0.1, 0.15) is 16.8 Å². The highest BCUT2D eigenvalue weighted by Gasteiger charge is 2.29. The van der Waals surface area contributed by atoms with Gasteiger partial charge in [-0.25, -0.2) is 13.2 Å². The highest BCUT2D eigenvalue weighted by atomic mass is 32.2. The monoisotopic (exact) mass is 470 g/mol. The standard InChI is InChI=1S/C20H20F2N2O5S2/c21-20(22)30-15-7-5-13(6-8-15)23-17-4-2-1-3-16(17)19(26)29-11-18(25)24-14-9-10-31(27,28)12-14/h1-8,14,20,23H,9-12H2,(H,24,25). The van der Waals surface area contributed by atoms with Crippen LogP contribution in [-0.4, -0.2) is 50.2 Å². The van der Waals surface area contributed by atoms with Gasteiger partial charge in [0.15, 0.2) is 16.4 Å². The summed E-state index contributed by atoms with van der Waals surface area (Å²) in [5.74, 6) is -3.91. The summed E-state index contributed by atoms with van der Waals surface area (Å²) in [5, 5.41) is 5.57. The lowest BCUT2D eigenvalue weighted by molar-refractivity contribution is -0.124. The van der Waals surface area contributed by atoms with Crippen molar-refractivity contribution < 1.29 is 31.5 Å². The predicted molar refractivity (Wildman–Crippen MR) is 114 cm³/mol. The summed E-state index contributed by atoms with van der Waals surface area (Å²) >= 11 is 0.435. The Bertz CT molecular complexity index is 1050. The molecule has 0 bridgehead atoms. The van der Waals surface area contributed by atoms with Crippen LogP contribution < -0.4 is 10.6 Å². The molecule has 1 aliphatic rings. The third-order valence-corrected chi connectivity index (χ3v) is 6.93. The van der Waals surface area contributed by atoms with Crippen molar-refractivity contribution >= 4 is 44.9 Å². The topological polar surface area (TPSA) is 102 Å². The Labute approximate surface area is 182 Å². The largest absolute Gasteiger partial charge is 0.452 e. The van der Waals surface area contributed by atoms with Gasteiger partial charge < -0.3 is 15.4 Å². The van der Waals surface area contributed by atoms with E-state index in [0.29, 0.717) is 34.5 Å². The van der Waals surface area contributed by atoms with Gasteiger partial charge >= 0.3 is 5.97 Å². The van der Waals surface area contributed by atoms with E-state index in [0.717, 1.165) is 0 Å². The molecule has 2 N–H and O–H groups in total. The minimum absolute atomic E-state index is 0.0264. The van der Waals surface area contributed by atoms with Gasteiger partial charge in [-0.15, -0.1) is 0 Å². The van der Waals surface area contributed by atoms with Crippen LogP contribution in [0.25, 0.3) is 0 Å². The maximum absolute atomic E-state index is 12.5. The van der Waals surface area contributed by atoms with Crippen LogP contribution >= 0.6 is 11.8 Å². The first-order valence-electron chi connectivity index (χ1n) is 9.30. The smallest absolute Gasteiger partial charge is 0.340 e. The molecule has 0 saturated carbocycles. The second-order valence-electron chi connectivity index (χ2n) is 6.82. The number of anilines is 2. The number of rotatable bonds is 8. The molecular weight excluding hydrogens is 450 g/mol. The fourth-order valence-corrected chi connectivity index (χ4v) is 5.20. The number of ether oxygens (including phenoxy) is 1. The van der Waals surface area contributed by atoms with Crippen molar-refractivity contribution in [2.75, 3.05) is 23.4 Å². The molecule has 1 saturated heterocycles. The number of hydrogen-bond donors (Lipinski definition) is 2. The number of alkyl halides is 2. The van der Waals surface area contributed by atoms with Crippen LogP contribution in [0.15, 0.2) is 53.4 Å². The Morgan fingerprint density at radius 3 is 2.48 bits per heavy atom. The average molecular weight is 471 g/mol. The van der Waals surface area contributed by atoms with Crippen LogP contribution in [0, 0.1) is 0 Å². The van der Waals surface area contributed by atoms with E-state index in [1.807, 2.05) is 0 Å². The van der Waals surface area contributed by atoms with Gasteiger partial charge in [0.1, 0.15) is 0 Å². The molecule has 11 heteroatoms. The summed E-state index contributed by atoms with van der Waals surface area (Å²) < 4.78 is 52.8. The Morgan fingerprint density at radius 1 is 1.13 bits per heavy atom. The molecule has 1 atom stereocenters. The minimum atomic E-state index is -3.13. The van der Waals surface area contributed by atoms with Crippen molar-refractivity contribution in [3.05, 3.63) is 54.1 Å². The molecule has 31 heavy (non-hydrogen) atoms. The van der Waals surface area contributed by atoms with Gasteiger partial charge in [-0.3, -0.25) is 4.79 Å². The van der Waals surface area contributed by atoms with E-state index in [2.05, 4.69) is 10.6 Å². The summed E-state index contributed by atoms with van der Waals surface area (Å²) in [7, 11) is -3.13. The molecule has 1 fully saturated rings. The highest BCUT2D eigenvalue weighted by molar-refractivity contribution is 7.99. The zero-order valence-corrected chi connectivity index (χ0v) is 17.8. The molecule has 3 rings (SSSR count). The Morgan fingerprint density at radius 2 is 1.84 bits per heavy atom. The first kappa shape index (κ1) is 23.0. The van der Waals surface area contributed by atoms with Crippen molar-refractivity contribution in [1.82, 2.24) is 5.32 Å². The first-order chi connectivity index (χ1) is 14.7. The molecule has 0 aliphatic carbocycles. The first-order valence-corrected chi connectivity index (χ1v) is 12.0. The van der Waals surface area contributed by atoms with Crippen LogP contribution in [-0.2, 0) is 19.4 Å². The summed E-state index contributed by atoms with van der Waals surface area (Å²) in [4.78, 5) is 24.8.